The van der Waals surface area contributed by atoms with Crippen molar-refractivity contribution in [3.05, 3.63) is 65.2 Å². The first-order valence-electron chi connectivity index (χ1n) is 9.32. The van der Waals surface area contributed by atoms with Gasteiger partial charge in [-0.05, 0) is 51.2 Å². The zero-order valence-corrected chi connectivity index (χ0v) is 17.8. The van der Waals surface area contributed by atoms with Gasteiger partial charge in [0.05, 0.1) is 11.0 Å². The molecule has 1 atom stereocenters. The summed E-state index contributed by atoms with van der Waals surface area (Å²) in [4.78, 5) is 26.6. The fourth-order valence-electron chi connectivity index (χ4n) is 2.66. The third kappa shape index (κ3) is 7.37. The molecule has 0 radical (unpaired) electrons. The van der Waals surface area contributed by atoms with Crippen LogP contribution in [0.4, 0.5) is 5.69 Å². The summed E-state index contributed by atoms with van der Waals surface area (Å²) in [6.07, 6.45) is 0. The molecule has 0 heterocycles. The number of aryl methyl sites for hydroxylation is 1. The number of carbonyl (C=O) groups excluding carboxylic acids is 2. The molecule has 0 unspecified atom stereocenters. The van der Waals surface area contributed by atoms with Gasteiger partial charge in [0.1, 0.15) is 0 Å². The van der Waals surface area contributed by atoms with E-state index in [9.17, 15) is 9.59 Å². The number of nitrogens with one attached hydrogen (secondary N) is 2. The Morgan fingerprint density at radius 3 is 2.32 bits per heavy atom. The number of carbonyl (C=O) groups is 2. The molecule has 28 heavy (non-hydrogen) atoms. The largest absolute Gasteiger partial charge is 0.351 e. The number of amides is 2. The number of thioether (sulfide) groups is 1. The molecule has 2 amide bonds. The van der Waals surface area contributed by atoms with Gasteiger partial charge in [-0.25, -0.2) is 0 Å². The molecule has 0 aromatic heterocycles. The number of nitrogens with zero attached hydrogens (tertiary/aromatic N) is 1. The standard InChI is InChI=1S/C22H29N3O2S/c1-16-9-11-20(12-10-16)24-21(26)15-28-17(2)22(27)23-13-18-7-5-6-8-19(18)14-25(3)4/h5-12,17H,13-15H2,1-4H3,(H,23,27)(H,24,26)/t17-/m0/s1. The van der Waals surface area contributed by atoms with E-state index in [2.05, 4.69) is 21.6 Å². The van der Waals surface area contributed by atoms with Crippen molar-refractivity contribution in [2.24, 2.45) is 0 Å². The van der Waals surface area contributed by atoms with Gasteiger partial charge >= 0.3 is 0 Å². The van der Waals surface area contributed by atoms with Crippen LogP contribution in [0.15, 0.2) is 48.5 Å². The lowest BCUT2D eigenvalue weighted by Gasteiger charge is -2.16. The summed E-state index contributed by atoms with van der Waals surface area (Å²) in [7, 11) is 4.05. The fourth-order valence-corrected chi connectivity index (χ4v) is 3.37. The highest BCUT2D eigenvalue weighted by Gasteiger charge is 2.15. The van der Waals surface area contributed by atoms with E-state index in [0.29, 0.717) is 6.54 Å². The van der Waals surface area contributed by atoms with Gasteiger partial charge in [0, 0.05) is 18.8 Å². The summed E-state index contributed by atoms with van der Waals surface area (Å²) in [6, 6.07) is 15.8. The van der Waals surface area contributed by atoms with Gasteiger partial charge in [0.2, 0.25) is 11.8 Å². The average Bonchev–Trinajstić information content (AvgIpc) is 2.66. The van der Waals surface area contributed by atoms with Gasteiger partial charge < -0.3 is 15.5 Å². The van der Waals surface area contributed by atoms with E-state index in [4.69, 9.17) is 0 Å². The lowest BCUT2D eigenvalue weighted by atomic mass is 10.1. The minimum absolute atomic E-state index is 0.0622. The van der Waals surface area contributed by atoms with E-state index < -0.39 is 0 Å². The molecule has 0 saturated carbocycles. The van der Waals surface area contributed by atoms with E-state index in [1.807, 2.05) is 70.4 Å². The van der Waals surface area contributed by atoms with E-state index in [1.54, 1.807) is 0 Å². The van der Waals surface area contributed by atoms with Crippen LogP contribution in [0.5, 0.6) is 0 Å². The van der Waals surface area contributed by atoms with E-state index in [-0.39, 0.29) is 22.8 Å². The molecule has 0 saturated heterocycles. The zero-order valence-electron chi connectivity index (χ0n) is 17.0. The van der Waals surface area contributed by atoms with Crippen LogP contribution in [0.3, 0.4) is 0 Å². The summed E-state index contributed by atoms with van der Waals surface area (Å²) < 4.78 is 0. The van der Waals surface area contributed by atoms with Gasteiger partial charge in [0.25, 0.3) is 0 Å². The van der Waals surface area contributed by atoms with E-state index in [1.165, 1.54) is 17.3 Å². The van der Waals surface area contributed by atoms with Crippen molar-refractivity contribution in [3.8, 4) is 0 Å². The maximum Gasteiger partial charge on any atom is 0.234 e. The maximum absolute atomic E-state index is 12.4. The molecule has 0 bridgehead atoms. The molecule has 2 aromatic rings. The van der Waals surface area contributed by atoms with Gasteiger partial charge in [-0.1, -0.05) is 42.0 Å². The van der Waals surface area contributed by atoms with Crippen LogP contribution in [-0.2, 0) is 22.7 Å². The van der Waals surface area contributed by atoms with E-state index in [0.717, 1.165) is 23.4 Å². The van der Waals surface area contributed by atoms with Crippen LogP contribution in [0.2, 0.25) is 0 Å². The first-order valence-corrected chi connectivity index (χ1v) is 10.4. The number of benzene rings is 2. The molecule has 2 rings (SSSR count). The Kier molecular flexibility index (Phi) is 8.54. The topological polar surface area (TPSA) is 61.4 Å². The smallest absolute Gasteiger partial charge is 0.234 e. The fraction of sp³-hybridized carbons (Fsp3) is 0.364. The van der Waals surface area contributed by atoms with Gasteiger partial charge in [0.15, 0.2) is 0 Å². The summed E-state index contributed by atoms with van der Waals surface area (Å²) in [5.74, 6) is 0.0669. The first kappa shape index (κ1) is 22.0. The Morgan fingerprint density at radius 2 is 1.68 bits per heavy atom. The average molecular weight is 400 g/mol. The molecular formula is C22H29N3O2S. The molecule has 2 N–H and O–H groups in total. The number of anilines is 1. The normalized spacial score (nSPS) is 11.9. The van der Waals surface area contributed by atoms with Gasteiger partial charge in [-0.3, -0.25) is 9.59 Å². The Hall–Kier alpha value is -2.31. The number of rotatable bonds is 9. The second kappa shape index (κ2) is 10.9. The SMILES string of the molecule is Cc1ccc(NC(=O)CS[C@@H](C)C(=O)NCc2ccccc2CN(C)C)cc1. The summed E-state index contributed by atoms with van der Waals surface area (Å²) in [5.41, 5.74) is 4.22. The van der Waals surface area contributed by atoms with Gasteiger partial charge in [-0.15, -0.1) is 11.8 Å². The Bertz CT molecular complexity index is 791. The zero-order chi connectivity index (χ0) is 20.5. The van der Waals surface area contributed by atoms with Crippen molar-refractivity contribution in [1.29, 1.82) is 0 Å². The quantitative estimate of drug-likeness (QED) is 0.678. The molecule has 150 valence electrons. The molecule has 6 heteroatoms. The molecule has 5 nitrogen and oxygen atoms in total. The highest BCUT2D eigenvalue weighted by Crippen LogP contribution is 2.14. The van der Waals surface area contributed by atoms with Crippen LogP contribution in [0.25, 0.3) is 0 Å². The third-order valence-electron chi connectivity index (χ3n) is 4.23. The minimum atomic E-state index is -0.301. The first-order chi connectivity index (χ1) is 13.3. The molecule has 0 fully saturated rings. The Labute approximate surface area is 171 Å². The van der Waals surface area contributed by atoms with Crippen molar-refractivity contribution in [2.75, 3.05) is 25.2 Å². The van der Waals surface area contributed by atoms with Crippen molar-refractivity contribution >= 4 is 29.3 Å². The van der Waals surface area contributed by atoms with Crippen molar-refractivity contribution in [2.45, 2.75) is 32.2 Å². The lowest BCUT2D eigenvalue weighted by Crippen LogP contribution is -2.32. The summed E-state index contributed by atoms with van der Waals surface area (Å²) >= 11 is 1.33. The summed E-state index contributed by atoms with van der Waals surface area (Å²) in [5, 5.41) is 5.53. The molecule has 0 spiro atoms. The van der Waals surface area contributed by atoms with Gasteiger partial charge in [-0.2, -0.15) is 0 Å². The Morgan fingerprint density at radius 1 is 1.04 bits per heavy atom. The second-order valence-electron chi connectivity index (χ2n) is 7.09. The van der Waals surface area contributed by atoms with Crippen molar-refractivity contribution in [3.63, 3.8) is 0 Å². The minimum Gasteiger partial charge on any atom is -0.351 e. The highest BCUT2D eigenvalue weighted by molar-refractivity contribution is 8.01. The number of hydrogen-bond donors (Lipinski definition) is 2. The van der Waals surface area contributed by atoms with Crippen LogP contribution in [-0.4, -0.2) is 41.8 Å². The van der Waals surface area contributed by atoms with Crippen LogP contribution < -0.4 is 10.6 Å². The molecule has 0 aliphatic rings. The monoisotopic (exact) mass is 399 g/mol. The molecule has 0 aliphatic heterocycles. The molecule has 0 aliphatic carbocycles. The van der Waals surface area contributed by atoms with Crippen LogP contribution >= 0.6 is 11.8 Å². The maximum atomic E-state index is 12.4. The molecule has 2 aromatic carbocycles. The number of hydrogen-bond acceptors (Lipinski definition) is 4. The second-order valence-corrected chi connectivity index (χ2v) is 8.42. The predicted octanol–water partition coefficient (Wildman–Crippen LogP) is 3.43. The van der Waals surface area contributed by atoms with Crippen molar-refractivity contribution in [1.82, 2.24) is 10.2 Å². The van der Waals surface area contributed by atoms with Crippen LogP contribution in [0.1, 0.15) is 23.6 Å². The predicted molar refractivity (Wildman–Crippen MR) is 117 cm³/mol. The van der Waals surface area contributed by atoms with Crippen LogP contribution in [0, 0.1) is 6.92 Å². The third-order valence-corrected chi connectivity index (χ3v) is 5.37. The van der Waals surface area contributed by atoms with Crippen molar-refractivity contribution < 1.29 is 9.59 Å². The van der Waals surface area contributed by atoms with E-state index >= 15 is 0 Å². The highest BCUT2D eigenvalue weighted by atomic mass is 32.2. The lowest BCUT2D eigenvalue weighted by molar-refractivity contribution is -0.120. The summed E-state index contributed by atoms with van der Waals surface area (Å²) in [6.45, 7) is 5.14. The Balaban J connectivity index is 1.78. The molecular weight excluding hydrogens is 370 g/mol.